The van der Waals surface area contributed by atoms with Gasteiger partial charge in [-0.25, -0.2) is 9.78 Å². The number of thiazole rings is 1. The largest absolute Gasteiger partial charge is 0.477 e. The molecule has 0 spiro atoms. The number of hydrogen-bond donors (Lipinski definition) is 2. The van der Waals surface area contributed by atoms with Crippen LogP contribution in [0.25, 0.3) is 0 Å². The van der Waals surface area contributed by atoms with Crippen LogP contribution in [0.3, 0.4) is 0 Å². The second-order valence-corrected chi connectivity index (χ2v) is 6.15. The van der Waals surface area contributed by atoms with E-state index in [1.807, 2.05) is 19.0 Å². The molecule has 1 saturated heterocycles. The number of β-amino-alcohol motifs (C(OH)–C–C–N with tert-alkyl or cyclic N) is 1. The van der Waals surface area contributed by atoms with Crippen LogP contribution >= 0.6 is 11.3 Å². The Morgan fingerprint density at radius 2 is 2.26 bits per heavy atom. The van der Waals surface area contributed by atoms with Gasteiger partial charge in [-0.2, -0.15) is 0 Å². The van der Waals surface area contributed by atoms with Gasteiger partial charge in [-0.05, 0) is 27.4 Å². The van der Waals surface area contributed by atoms with Crippen molar-refractivity contribution >= 4 is 22.4 Å². The summed E-state index contributed by atoms with van der Waals surface area (Å²) < 4.78 is 0. The highest BCUT2D eigenvalue weighted by atomic mass is 32.1. The summed E-state index contributed by atoms with van der Waals surface area (Å²) in [4.78, 5) is 19.8. The molecule has 2 rings (SSSR count). The standard InChI is InChI=1S/C12H19N3O3S/c1-7-10(11(17)18)19-12(13-7)15-6-9(16)4-8(15)5-14(2)3/h8-9,16H,4-6H2,1-3H3,(H,17,18). The van der Waals surface area contributed by atoms with Gasteiger partial charge in [0.05, 0.1) is 11.8 Å². The monoisotopic (exact) mass is 285 g/mol. The number of carbonyl (C=O) groups is 1. The predicted octanol–water partition coefficient (Wildman–Crippen LogP) is 0.651. The first kappa shape index (κ1) is 14.2. The Hall–Kier alpha value is -1.18. The number of aromatic nitrogens is 1. The summed E-state index contributed by atoms with van der Waals surface area (Å²) in [6.07, 6.45) is 0.321. The van der Waals surface area contributed by atoms with Crippen molar-refractivity contribution in [1.82, 2.24) is 9.88 Å². The summed E-state index contributed by atoms with van der Waals surface area (Å²) in [5.41, 5.74) is 0.539. The van der Waals surface area contributed by atoms with E-state index in [0.717, 1.165) is 6.54 Å². The van der Waals surface area contributed by atoms with Gasteiger partial charge < -0.3 is 20.0 Å². The van der Waals surface area contributed by atoms with Gasteiger partial charge >= 0.3 is 5.97 Å². The molecule has 2 N–H and O–H groups in total. The molecular formula is C12H19N3O3S. The lowest BCUT2D eigenvalue weighted by Crippen LogP contribution is -2.37. The van der Waals surface area contributed by atoms with Gasteiger partial charge in [0.15, 0.2) is 5.13 Å². The molecule has 1 aromatic rings. The highest BCUT2D eigenvalue weighted by molar-refractivity contribution is 7.17. The molecule has 2 heterocycles. The zero-order chi connectivity index (χ0) is 14.2. The first-order valence-corrected chi connectivity index (χ1v) is 7.00. The van der Waals surface area contributed by atoms with Crippen LogP contribution < -0.4 is 4.90 Å². The zero-order valence-corrected chi connectivity index (χ0v) is 12.1. The number of nitrogens with zero attached hydrogens (tertiary/aromatic N) is 3. The molecule has 1 aliphatic rings. The molecule has 19 heavy (non-hydrogen) atoms. The molecule has 6 nitrogen and oxygen atoms in total. The Labute approximate surface area is 116 Å². The number of anilines is 1. The summed E-state index contributed by atoms with van der Waals surface area (Å²) in [6, 6.07) is 0.178. The lowest BCUT2D eigenvalue weighted by atomic mass is 10.2. The van der Waals surface area contributed by atoms with Crippen LogP contribution in [-0.2, 0) is 0 Å². The number of likely N-dealkylation sites (N-methyl/N-ethyl adjacent to an activating group) is 1. The number of rotatable bonds is 4. The third-order valence-electron chi connectivity index (χ3n) is 3.19. The highest BCUT2D eigenvalue weighted by Crippen LogP contribution is 2.31. The molecule has 0 aliphatic carbocycles. The molecule has 1 aliphatic heterocycles. The molecule has 0 bridgehead atoms. The van der Waals surface area contributed by atoms with Crippen LogP contribution in [0, 0.1) is 6.92 Å². The first-order chi connectivity index (χ1) is 8.88. The number of aliphatic hydroxyl groups excluding tert-OH is 1. The van der Waals surface area contributed by atoms with Gasteiger partial charge in [0, 0.05) is 19.1 Å². The highest BCUT2D eigenvalue weighted by Gasteiger charge is 2.33. The van der Waals surface area contributed by atoms with Crippen LogP contribution in [-0.4, -0.2) is 65.4 Å². The van der Waals surface area contributed by atoms with E-state index in [9.17, 15) is 9.90 Å². The minimum atomic E-state index is -0.940. The molecule has 1 aromatic heterocycles. The van der Waals surface area contributed by atoms with Gasteiger partial charge in [-0.3, -0.25) is 0 Å². The molecule has 0 aromatic carbocycles. The average Bonchev–Trinajstić information content (AvgIpc) is 2.81. The van der Waals surface area contributed by atoms with Gasteiger partial charge in [-0.15, -0.1) is 0 Å². The number of hydrogen-bond acceptors (Lipinski definition) is 6. The van der Waals surface area contributed by atoms with Gasteiger partial charge in [0.2, 0.25) is 0 Å². The molecule has 2 unspecified atom stereocenters. The fourth-order valence-electron chi connectivity index (χ4n) is 2.42. The lowest BCUT2D eigenvalue weighted by molar-refractivity contribution is 0.0701. The van der Waals surface area contributed by atoms with E-state index >= 15 is 0 Å². The predicted molar refractivity (Wildman–Crippen MR) is 74.1 cm³/mol. The summed E-state index contributed by atoms with van der Waals surface area (Å²) in [5.74, 6) is -0.940. The van der Waals surface area contributed by atoms with E-state index in [1.165, 1.54) is 11.3 Å². The van der Waals surface area contributed by atoms with Crippen molar-refractivity contribution in [2.75, 3.05) is 32.1 Å². The molecular weight excluding hydrogens is 266 g/mol. The topological polar surface area (TPSA) is 76.9 Å². The molecule has 1 fully saturated rings. The summed E-state index contributed by atoms with van der Waals surface area (Å²) >= 11 is 1.18. The SMILES string of the molecule is Cc1nc(N2CC(O)CC2CN(C)C)sc1C(=O)O. The maximum atomic E-state index is 11.1. The normalized spacial score (nSPS) is 23.3. The van der Waals surface area contributed by atoms with Crippen molar-refractivity contribution in [2.24, 2.45) is 0 Å². The van der Waals surface area contributed by atoms with Crippen LogP contribution in [0.15, 0.2) is 0 Å². The van der Waals surface area contributed by atoms with Crippen LogP contribution in [0.1, 0.15) is 21.8 Å². The average molecular weight is 285 g/mol. The molecule has 2 atom stereocenters. The summed E-state index contributed by atoms with van der Waals surface area (Å²) in [7, 11) is 3.97. The number of carboxylic acid groups (broad SMARTS) is 1. The molecule has 106 valence electrons. The maximum absolute atomic E-state index is 11.1. The van der Waals surface area contributed by atoms with Crippen molar-refractivity contribution in [3.63, 3.8) is 0 Å². The van der Waals surface area contributed by atoms with Crippen LogP contribution in [0.4, 0.5) is 5.13 Å². The maximum Gasteiger partial charge on any atom is 0.347 e. The van der Waals surface area contributed by atoms with E-state index < -0.39 is 5.97 Å². The van der Waals surface area contributed by atoms with Crippen LogP contribution in [0.5, 0.6) is 0 Å². The Balaban J connectivity index is 2.23. The molecule has 7 heteroatoms. The Bertz CT molecular complexity index is 475. The number of aryl methyl sites for hydroxylation is 1. The Morgan fingerprint density at radius 3 is 2.79 bits per heavy atom. The minimum absolute atomic E-state index is 0.178. The van der Waals surface area contributed by atoms with Crippen molar-refractivity contribution in [3.8, 4) is 0 Å². The fraction of sp³-hybridized carbons (Fsp3) is 0.667. The Morgan fingerprint density at radius 1 is 1.58 bits per heavy atom. The lowest BCUT2D eigenvalue weighted by Gasteiger charge is -2.26. The smallest absolute Gasteiger partial charge is 0.347 e. The minimum Gasteiger partial charge on any atom is -0.477 e. The van der Waals surface area contributed by atoms with E-state index in [4.69, 9.17) is 5.11 Å². The van der Waals surface area contributed by atoms with Gasteiger partial charge in [0.1, 0.15) is 4.88 Å². The van der Waals surface area contributed by atoms with Crippen molar-refractivity contribution in [1.29, 1.82) is 0 Å². The number of aromatic carboxylic acids is 1. The summed E-state index contributed by atoms with van der Waals surface area (Å²) in [5, 5.41) is 19.6. The first-order valence-electron chi connectivity index (χ1n) is 6.18. The fourth-order valence-corrected chi connectivity index (χ4v) is 3.41. The van der Waals surface area contributed by atoms with Crippen LogP contribution in [0.2, 0.25) is 0 Å². The van der Waals surface area contributed by atoms with E-state index in [-0.39, 0.29) is 17.0 Å². The van der Waals surface area contributed by atoms with Gasteiger partial charge in [0.25, 0.3) is 0 Å². The molecule has 0 saturated carbocycles. The quantitative estimate of drug-likeness (QED) is 0.846. The summed E-state index contributed by atoms with van der Waals surface area (Å²) in [6.45, 7) is 3.04. The molecule has 0 radical (unpaired) electrons. The van der Waals surface area contributed by atoms with E-state index in [1.54, 1.807) is 6.92 Å². The van der Waals surface area contributed by atoms with E-state index in [0.29, 0.717) is 23.8 Å². The van der Waals surface area contributed by atoms with Gasteiger partial charge in [-0.1, -0.05) is 11.3 Å². The molecule has 0 amide bonds. The van der Waals surface area contributed by atoms with E-state index in [2.05, 4.69) is 9.88 Å². The third-order valence-corrected chi connectivity index (χ3v) is 4.38. The number of aliphatic hydroxyl groups is 1. The third kappa shape index (κ3) is 3.05. The number of carboxylic acids is 1. The second kappa shape index (κ2) is 5.44. The zero-order valence-electron chi connectivity index (χ0n) is 11.3. The van der Waals surface area contributed by atoms with Crippen molar-refractivity contribution in [2.45, 2.75) is 25.5 Å². The second-order valence-electron chi connectivity index (χ2n) is 5.17. The van der Waals surface area contributed by atoms with Crippen molar-refractivity contribution in [3.05, 3.63) is 10.6 Å². The Kier molecular flexibility index (Phi) is 4.07. The van der Waals surface area contributed by atoms with Crippen molar-refractivity contribution < 1.29 is 15.0 Å².